The largest absolute Gasteiger partial charge is 0.385 e. The van der Waals surface area contributed by atoms with E-state index >= 15 is 0 Å². The first-order valence-electron chi connectivity index (χ1n) is 8.35. The van der Waals surface area contributed by atoms with Crippen molar-refractivity contribution in [2.45, 2.75) is 57.1 Å². The third kappa shape index (κ3) is 5.24. The number of ether oxygens (including phenoxy) is 2. The fraction of sp³-hybridized carbons (Fsp3) is 0.938. The van der Waals surface area contributed by atoms with E-state index in [-0.39, 0.29) is 12.0 Å². The second-order valence-corrected chi connectivity index (χ2v) is 6.37. The van der Waals surface area contributed by atoms with Gasteiger partial charge >= 0.3 is 0 Å². The number of rotatable bonds is 6. The second-order valence-electron chi connectivity index (χ2n) is 6.37. The van der Waals surface area contributed by atoms with Crippen LogP contribution in [0.25, 0.3) is 0 Å². The SMILES string of the molecule is COCCCOC1CCN(C(=O)C2CCCC(N)C2)CC1. The van der Waals surface area contributed by atoms with Crippen molar-refractivity contribution in [2.24, 2.45) is 11.7 Å². The molecule has 1 aliphatic heterocycles. The van der Waals surface area contributed by atoms with E-state index in [4.69, 9.17) is 15.2 Å². The first-order valence-corrected chi connectivity index (χ1v) is 8.35. The third-order valence-electron chi connectivity index (χ3n) is 4.66. The Bertz CT molecular complexity index is 317. The van der Waals surface area contributed by atoms with E-state index in [0.29, 0.717) is 12.0 Å². The minimum Gasteiger partial charge on any atom is -0.385 e. The number of nitrogens with zero attached hydrogens (tertiary/aromatic N) is 1. The minimum absolute atomic E-state index is 0.160. The predicted octanol–water partition coefficient (Wildman–Crippen LogP) is 1.55. The molecule has 0 bridgehead atoms. The number of likely N-dealkylation sites (tertiary alicyclic amines) is 1. The van der Waals surface area contributed by atoms with E-state index in [1.54, 1.807) is 7.11 Å². The fourth-order valence-electron chi connectivity index (χ4n) is 3.41. The van der Waals surface area contributed by atoms with Gasteiger partial charge < -0.3 is 20.1 Å². The summed E-state index contributed by atoms with van der Waals surface area (Å²) in [5.74, 6) is 0.482. The second kappa shape index (κ2) is 8.71. The number of carbonyl (C=O) groups excluding carboxylic acids is 1. The van der Waals surface area contributed by atoms with Crippen molar-refractivity contribution in [1.82, 2.24) is 4.90 Å². The topological polar surface area (TPSA) is 64.8 Å². The Labute approximate surface area is 128 Å². The molecule has 0 aromatic heterocycles. The van der Waals surface area contributed by atoms with Crippen LogP contribution in [0.1, 0.15) is 44.9 Å². The monoisotopic (exact) mass is 298 g/mol. The first-order chi connectivity index (χ1) is 10.2. The summed E-state index contributed by atoms with van der Waals surface area (Å²) in [6, 6.07) is 0.217. The van der Waals surface area contributed by atoms with Crippen molar-refractivity contribution in [2.75, 3.05) is 33.4 Å². The number of methoxy groups -OCH3 is 1. The van der Waals surface area contributed by atoms with Gasteiger partial charge in [-0.15, -0.1) is 0 Å². The average Bonchev–Trinajstić information content (AvgIpc) is 2.51. The minimum atomic E-state index is 0.160. The lowest BCUT2D eigenvalue weighted by Crippen LogP contribution is -2.45. The Morgan fingerprint density at radius 2 is 1.95 bits per heavy atom. The Morgan fingerprint density at radius 3 is 2.62 bits per heavy atom. The molecule has 0 radical (unpaired) electrons. The highest BCUT2D eigenvalue weighted by Crippen LogP contribution is 2.26. The summed E-state index contributed by atoms with van der Waals surface area (Å²) in [5, 5.41) is 0. The van der Waals surface area contributed by atoms with Crippen molar-refractivity contribution < 1.29 is 14.3 Å². The maximum atomic E-state index is 12.5. The van der Waals surface area contributed by atoms with Gasteiger partial charge in [0.2, 0.25) is 5.91 Å². The van der Waals surface area contributed by atoms with Gasteiger partial charge in [-0.3, -0.25) is 4.79 Å². The molecule has 0 spiro atoms. The lowest BCUT2D eigenvalue weighted by Gasteiger charge is -2.36. The van der Waals surface area contributed by atoms with E-state index < -0.39 is 0 Å². The summed E-state index contributed by atoms with van der Waals surface area (Å²) in [7, 11) is 1.71. The van der Waals surface area contributed by atoms with Crippen LogP contribution in [0.15, 0.2) is 0 Å². The third-order valence-corrected chi connectivity index (χ3v) is 4.66. The summed E-state index contributed by atoms with van der Waals surface area (Å²) >= 11 is 0. The maximum absolute atomic E-state index is 12.5. The van der Waals surface area contributed by atoms with Gasteiger partial charge in [-0.25, -0.2) is 0 Å². The molecule has 21 heavy (non-hydrogen) atoms. The molecule has 1 heterocycles. The van der Waals surface area contributed by atoms with Crippen LogP contribution in [0.5, 0.6) is 0 Å². The highest BCUT2D eigenvalue weighted by atomic mass is 16.5. The Balaban J connectivity index is 1.67. The van der Waals surface area contributed by atoms with Gasteiger partial charge in [0, 0.05) is 45.4 Å². The van der Waals surface area contributed by atoms with E-state index in [1.165, 1.54) is 0 Å². The number of nitrogens with two attached hydrogens (primary N) is 1. The normalized spacial score (nSPS) is 27.8. The summed E-state index contributed by atoms with van der Waals surface area (Å²) in [5.41, 5.74) is 5.99. The molecule has 0 aromatic carbocycles. The summed E-state index contributed by atoms with van der Waals surface area (Å²) < 4.78 is 10.9. The van der Waals surface area contributed by atoms with Crippen LogP contribution in [0.3, 0.4) is 0 Å². The lowest BCUT2D eigenvalue weighted by atomic mass is 9.85. The lowest BCUT2D eigenvalue weighted by molar-refractivity contribution is -0.139. The predicted molar refractivity (Wildman–Crippen MR) is 82.0 cm³/mol. The fourth-order valence-corrected chi connectivity index (χ4v) is 3.41. The number of hydrogen-bond acceptors (Lipinski definition) is 4. The Kier molecular flexibility index (Phi) is 6.93. The molecule has 2 unspecified atom stereocenters. The Morgan fingerprint density at radius 1 is 1.19 bits per heavy atom. The molecule has 122 valence electrons. The smallest absolute Gasteiger partial charge is 0.225 e. The highest BCUT2D eigenvalue weighted by Gasteiger charge is 2.31. The molecule has 2 fully saturated rings. The molecule has 1 saturated carbocycles. The number of piperidine rings is 1. The highest BCUT2D eigenvalue weighted by molar-refractivity contribution is 5.79. The molecular weight excluding hydrogens is 268 g/mol. The van der Waals surface area contributed by atoms with Gasteiger partial charge in [-0.2, -0.15) is 0 Å². The average molecular weight is 298 g/mol. The van der Waals surface area contributed by atoms with Crippen molar-refractivity contribution in [3.63, 3.8) is 0 Å². The Hall–Kier alpha value is -0.650. The van der Waals surface area contributed by atoms with Crippen molar-refractivity contribution in [3.8, 4) is 0 Å². The molecule has 2 aliphatic rings. The van der Waals surface area contributed by atoms with E-state index in [1.807, 2.05) is 4.90 Å². The van der Waals surface area contributed by atoms with Crippen LogP contribution in [0.4, 0.5) is 0 Å². The summed E-state index contributed by atoms with van der Waals surface area (Å²) in [6.45, 7) is 3.17. The zero-order valence-electron chi connectivity index (χ0n) is 13.3. The molecule has 2 atom stereocenters. The zero-order valence-corrected chi connectivity index (χ0v) is 13.3. The van der Waals surface area contributed by atoms with Crippen LogP contribution < -0.4 is 5.73 Å². The van der Waals surface area contributed by atoms with Gasteiger partial charge in [-0.1, -0.05) is 6.42 Å². The van der Waals surface area contributed by atoms with Crippen LogP contribution in [0.2, 0.25) is 0 Å². The van der Waals surface area contributed by atoms with Crippen LogP contribution >= 0.6 is 0 Å². The van der Waals surface area contributed by atoms with Crippen LogP contribution in [-0.2, 0) is 14.3 Å². The van der Waals surface area contributed by atoms with Gasteiger partial charge in [-0.05, 0) is 38.5 Å². The van der Waals surface area contributed by atoms with Crippen molar-refractivity contribution in [3.05, 3.63) is 0 Å². The van der Waals surface area contributed by atoms with E-state index in [9.17, 15) is 4.79 Å². The molecule has 5 heteroatoms. The summed E-state index contributed by atoms with van der Waals surface area (Å²) in [6.07, 6.45) is 7.20. The molecule has 0 aromatic rings. The van der Waals surface area contributed by atoms with E-state index in [0.717, 1.165) is 71.2 Å². The van der Waals surface area contributed by atoms with Crippen molar-refractivity contribution >= 4 is 5.91 Å². The van der Waals surface area contributed by atoms with Crippen LogP contribution in [0, 0.1) is 5.92 Å². The quantitative estimate of drug-likeness (QED) is 0.756. The molecular formula is C16H30N2O3. The molecule has 2 N–H and O–H groups in total. The van der Waals surface area contributed by atoms with Gasteiger partial charge in [0.1, 0.15) is 0 Å². The molecule has 1 amide bonds. The van der Waals surface area contributed by atoms with E-state index in [2.05, 4.69) is 0 Å². The number of amides is 1. The zero-order chi connectivity index (χ0) is 15.1. The van der Waals surface area contributed by atoms with Gasteiger partial charge in [0.25, 0.3) is 0 Å². The number of hydrogen-bond donors (Lipinski definition) is 1. The van der Waals surface area contributed by atoms with Gasteiger partial charge in [0.05, 0.1) is 6.10 Å². The first kappa shape index (κ1) is 16.7. The van der Waals surface area contributed by atoms with Gasteiger partial charge in [0.15, 0.2) is 0 Å². The van der Waals surface area contributed by atoms with Crippen LogP contribution in [-0.4, -0.2) is 56.4 Å². The van der Waals surface area contributed by atoms with Crippen molar-refractivity contribution in [1.29, 1.82) is 0 Å². The molecule has 5 nitrogen and oxygen atoms in total. The summed E-state index contributed by atoms with van der Waals surface area (Å²) in [4.78, 5) is 14.5. The number of carbonyl (C=O) groups is 1. The molecule has 2 rings (SSSR count). The standard InChI is InChI=1S/C16H30N2O3/c1-20-10-3-11-21-15-6-8-18(9-7-15)16(19)13-4-2-5-14(17)12-13/h13-15H,2-12,17H2,1H3. The molecule has 1 saturated heterocycles. The maximum Gasteiger partial charge on any atom is 0.225 e. The molecule has 1 aliphatic carbocycles.